The highest BCUT2D eigenvalue weighted by atomic mass is 79.9. The third-order valence-corrected chi connectivity index (χ3v) is 2.68. The zero-order chi connectivity index (χ0) is 14.1. The van der Waals surface area contributed by atoms with Gasteiger partial charge in [0.15, 0.2) is 6.10 Å². The van der Waals surface area contributed by atoms with Crippen LogP contribution >= 0.6 is 15.9 Å². The van der Waals surface area contributed by atoms with Gasteiger partial charge in [0, 0.05) is 4.47 Å². The van der Waals surface area contributed by atoms with Crippen molar-refractivity contribution in [2.24, 2.45) is 0 Å². The lowest BCUT2D eigenvalue weighted by atomic mass is 9.98. The van der Waals surface area contributed by atoms with Crippen molar-refractivity contribution >= 4 is 21.9 Å². The Bertz CT molecular complexity index is 461. The molecule has 0 heterocycles. The molecule has 0 saturated heterocycles. The first kappa shape index (κ1) is 14.9. The minimum Gasteiger partial charge on any atom is -0.479 e. The second-order valence-electron chi connectivity index (χ2n) is 3.46. The molecule has 0 fully saturated rings. The van der Waals surface area contributed by atoms with Crippen LogP contribution in [0.1, 0.15) is 17.2 Å². The first-order chi connectivity index (χ1) is 8.14. The van der Waals surface area contributed by atoms with E-state index in [2.05, 4.69) is 15.9 Å². The highest BCUT2D eigenvalue weighted by molar-refractivity contribution is 9.10. The number of halogens is 4. The van der Waals surface area contributed by atoms with Crippen LogP contribution in [0.25, 0.3) is 0 Å². The maximum atomic E-state index is 12.7. The van der Waals surface area contributed by atoms with Crippen LogP contribution in [0, 0.1) is 0 Å². The lowest BCUT2D eigenvalue weighted by molar-refractivity contribution is -0.155. The maximum absolute atomic E-state index is 12.7. The van der Waals surface area contributed by atoms with Gasteiger partial charge in [-0.1, -0.05) is 22.0 Å². The number of carboxylic acids is 1. The molecule has 0 aliphatic carbocycles. The number of hydrogen-bond acceptors (Lipinski definition) is 3. The Morgan fingerprint density at radius 2 is 1.83 bits per heavy atom. The van der Waals surface area contributed by atoms with Gasteiger partial charge in [0.25, 0.3) is 0 Å². The van der Waals surface area contributed by atoms with Gasteiger partial charge >= 0.3 is 12.1 Å². The molecule has 100 valence electrons. The first-order valence-electron chi connectivity index (χ1n) is 4.60. The Balaban J connectivity index is 3.28. The van der Waals surface area contributed by atoms with Crippen molar-refractivity contribution in [3.63, 3.8) is 0 Å². The summed E-state index contributed by atoms with van der Waals surface area (Å²) in [5.41, 5.74) is -1.90. The van der Waals surface area contributed by atoms with E-state index in [1.807, 2.05) is 0 Å². The average Bonchev–Trinajstić information content (AvgIpc) is 2.25. The van der Waals surface area contributed by atoms with Gasteiger partial charge < -0.3 is 15.3 Å². The summed E-state index contributed by atoms with van der Waals surface area (Å²) in [6.45, 7) is 0. The molecule has 0 saturated carbocycles. The molecule has 18 heavy (non-hydrogen) atoms. The third kappa shape index (κ3) is 3.21. The summed E-state index contributed by atoms with van der Waals surface area (Å²) in [4.78, 5) is 10.4. The van der Waals surface area contributed by atoms with Crippen LogP contribution in [0.4, 0.5) is 13.2 Å². The van der Waals surface area contributed by atoms with Crippen molar-refractivity contribution < 1.29 is 33.3 Å². The van der Waals surface area contributed by atoms with E-state index < -0.39 is 35.5 Å². The quantitative estimate of drug-likeness (QED) is 0.792. The molecular weight excluding hydrogens is 321 g/mol. The van der Waals surface area contributed by atoms with E-state index in [0.717, 1.165) is 6.07 Å². The van der Waals surface area contributed by atoms with Crippen LogP contribution in [0.2, 0.25) is 0 Å². The molecule has 0 aromatic heterocycles. The predicted octanol–water partition coefficient (Wildman–Crippen LogP) is 1.95. The largest absolute Gasteiger partial charge is 0.479 e. The Morgan fingerprint density at radius 3 is 2.28 bits per heavy atom. The van der Waals surface area contributed by atoms with Crippen LogP contribution in [-0.2, 0) is 11.0 Å². The Hall–Kier alpha value is -1.12. The number of benzene rings is 1. The highest BCUT2D eigenvalue weighted by Crippen LogP contribution is 2.37. The zero-order valence-corrected chi connectivity index (χ0v) is 10.2. The molecule has 2 atom stereocenters. The van der Waals surface area contributed by atoms with E-state index in [1.54, 1.807) is 0 Å². The van der Waals surface area contributed by atoms with E-state index in [1.165, 1.54) is 6.07 Å². The molecule has 0 amide bonds. The highest BCUT2D eigenvalue weighted by Gasteiger charge is 2.37. The molecule has 1 rings (SSSR count). The van der Waals surface area contributed by atoms with E-state index in [0.29, 0.717) is 6.07 Å². The molecule has 0 radical (unpaired) electrons. The van der Waals surface area contributed by atoms with Gasteiger partial charge in [-0.2, -0.15) is 13.2 Å². The minimum absolute atomic E-state index is 0.121. The number of carboxylic acid groups (broad SMARTS) is 1. The van der Waals surface area contributed by atoms with Crippen molar-refractivity contribution in [3.8, 4) is 0 Å². The molecule has 3 N–H and O–H groups in total. The maximum Gasteiger partial charge on any atom is 0.416 e. The first-order valence-corrected chi connectivity index (χ1v) is 5.39. The van der Waals surface area contributed by atoms with Crippen LogP contribution in [0.5, 0.6) is 0 Å². The molecular formula is C10H8BrF3O4. The molecule has 1 aromatic rings. The van der Waals surface area contributed by atoms with Gasteiger partial charge in [-0.3, -0.25) is 0 Å². The second kappa shape index (κ2) is 5.25. The second-order valence-corrected chi connectivity index (χ2v) is 4.37. The fourth-order valence-corrected chi connectivity index (χ4v) is 1.70. The number of aliphatic hydroxyl groups is 2. The molecule has 8 heteroatoms. The Morgan fingerprint density at radius 1 is 1.28 bits per heavy atom. The number of aliphatic carboxylic acids is 1. The fraction of sp³-hybridized carbons (Fsp3) is 0.300. The van der Waals surface area contributed by atoms with Crippen molar-refractivity contribution in [2.75, 3.05) is 0 Å². The smallest absolute Gasteiger partial charge is 0.416 e. The van der Waals surface area contributed by atoms with Crippen molar-refractivity contribution in [1.29, 1.82) is 0 Å². The SMILES string of the molecule is O=C(O)C(O)C(O)c1ccc(Br)cc1C(F)(F)F. The van der Waals surface area contributed by atoms with Gasteiger partial charge in [-0.15, -0.1) is 0 Å². The molecule has 2 unspecified atom stereocenters. The fourth-order valence-electron chi connectivity index (χ4n) is 1.34. The lowest BCUT2D eigenvalue weighted by Gasteiger charge is -2.19. The molecule has 4 nitrogen and oxygen atoms in total. The van der Waals surface area contributed by atoms with Crippen molar-refractivity contribution in [3.05, 3.63) is 33.8 Å². The molecule has 0 aliphatic rings. The molecule has 0 aliphatic heterocycles. The predicted molar refractivity (Wildman–Crippen MR) is 57.7 cm³/mol. The van der Waals surface area contributed by atoms with Crippen LogP contribution < -0.4 is 0 Å². The monoisotopic (exact) mass is 328 g/mol. The Labute approximate surface area is 108 Å². The summed E-state index contributed by atoms with van der Waals surface area (Å²) in [6.07, 6.45) is -9.25. The summed E-state index contributed by atoms with van der Waals surface area (Å²) >= 11 is 2.84. The number of alkyl halides is 3. The van der Waals surface area contributed by atoms with Gasteiger partial charge in [0.05, 0.1) is 5.56 Å². The normalized spacial score (nSPS) is 15.2. The zero-order valence-electron chi connectivity index (χ0n) is 8.65. The van der Waals surface area contributed by atoms with E-state index in [4.69, 9.17) is 10.2 Å². The van der Waals surface area contributed by atoms with Gasteiger partial charge in [-0.05, 0) is 17.7 Å². The molecule has 0 spiro atoms. The van der Waals surface area contributed by atoms with Gasteiger partial charge in [0.1, 0.15) is 6.10 Å². The molecule has 1 aromatic carbocycles. The van der Waals surface area contributed by atoms with E-state index in [-0.39, 0.29) is 4.47 Å². The van der Waals surface area contributed by atoms with Crippen molar-refractivity contribution in [1.82, 2.24) is 0 Å². The number of rotatable bonds is 3. The number of aliphatic hydroxyl groups excluding tert-OH is 2. The standard InChI is InChI=1S/C10H8BrF3O4/c11-4-1-2-5(6(3-4)10(12,13)14)7(15)8(16)9(17)18/h1-3,7-8,15-16H,(H,17,18). The summed E-state index contributed by atoms with van der Waals surface area (Å²) in [7, 11) is 0. The summed E-state index contributed by atoms with van der Waals surface area (Å²) in [6, 6.07) is 2.82. The van der Waals surface area contributed by atoms with Crippen molar-refractivity contribution in [2.45, 2.75) is 18.4 Å². The lowest BCUT2D eigenvalue weighted by Crippen LogP contribution is -2.29. The summed E-state index contributed by atoms with van der Waals surface area (Å²) in [5.74, 6) is -1.81. The topological polar surface area (TPSA) is 77.8 Å². The Kier molecular flexibility index (Phi) is 4.36. The summed E-state index contributed by atoms with van der Waals surface area (Å²) in [5, 5.41) is 27.0. The van der Waals surface area contributed by atoms with E-state index >= 15 is 0 Å². The molecule has 0 bridgehead atoms. The minimum atomic E-state index is -4.77. The summed E-state index contributed by atoms with van der Waals surface area (Å²) < 4.78 is 38.2. The number of hydrogen-bond donors (Lipinski definition) is 3. The van der Waals surface area contributed by atoms with Crippen LogP contribution in [0.15, 0.2) is 22.7 Å². The number of carbonyl (C=O) groups is 1. The van der Waals surface area contributed by atoms with Crippen LogP contribution in [0.3, 0.4) is 0 Å². The van der Waals surface area contributed by atoms with E-state index in [9.17, 15) is 23.1 Å². The average molecular weight is 329 g/mol. The van der Waals surface area contributed by atoms with Gasteiger partial charge in [-0.25, -0.2) is 4.79 Å². The third-order valence-electron chi connectivity index (χ3n) is 2.19. The van der Waals surface area contributed by atoms with Gasteiger partial charge in [0.2, 0.25) is 0 Å². The van der Waals surface area contributed by atoms with Crippen LogP contribution in [-0.4, -0.2) is 27.4 Å².